The maximum absolute atomic E-state index is 13.0. The van der Waals surface area contributed by atoms with Gasteiger partial charge in [0.05, 0.1) is 11.0 Å². The van der Waals surface area contributed by atoms with Crippen molar-refractivity contribution in [1.82, 2.24) is 4.57 Å². The number of para-hydroxylation sites is 2. The number of rotatable bonds is 6. The molecule has 0 aliphatic carbocycles. The molecule has 0 saturated carbocycles. The zero-order valence-electron chi connectivity index (χ0n) is 16.9. The number of fused-ring (bicyclic) bond motifs is 3. The summed E-state index contributed by atoms with van der Waals surface area (Å²) in [6.45, 7) is 6.29. The van der Waals surface area contributed by atoms with Crippen LogP contribution >= 0.6 is 0 Å². The van der Waals surface area contributed by atoms with Crippen molar-refractivity contribution in [2.75, 3.05) is 0 Å². The highest BCUT2D eigenvalue weighted by molar-refractivity contribution is 6.09. The lowest BCUT2D eigenvalue weighted by Crippen LogP contribution is -2.24. The number of carbonyl (C=O) groups is 1. The lowest BCUT2D eigenvalue weighted by atomic mass is 9.80. The minimum atomic E-state index is -0.315. The normalized spacial score (nSPS) is 12.0. The van der Waals surface area contributed by atoms with E-state index in [1.54, 1.807) is 0 Å². The molecule has 4 aromatic rings. The molecule has 2 nitrogen and oxygen atoms in total. The van der Waals surface area contributed by atoms with E-state index in [1.165, 1.54) is 21.8 Å². The molecular weight excluding hydrogens is 342 g/mol. The lowest BCUT2D eigenvalue weighted by molar-refractivity contribution is 0.0823. The summed E-state index contributed by atoms with van der Waals surface area (Å²) >= 11 is 0. The van der Waals surface area contributed by atoms with Crippen molar-refractivity contribution < 1.29 is 4.79 Å². The highest BCUT2D eigenvalue weighted by atomic mass is 16.1. The summed E-state index contributed by atoms with van der Waals surface area (Å²) in [6, 6.07) is 25.1. The summed E-state index contributed by atoms with van der Waals surface area (Å²) in [5.41, 5.74) is 3.94. The number of carbonyl (C=O) groups excluding carboxylic acids is 1. The smallest absolute Gasteiger partial charge is 0.168 e. The Balaban J connectivity index is 1.76. The molecule has 0 atom stereocenters. The molecule has 0 saturated heterocycles. The van der Waals surface area contributed by atoms with Gasteiger partial charge in [0.2, 0.25) is 0 Å². The molecule has 142 valence electrons. The van der Waals surface area contributed by atoms with Gasteiger partial charge >= 0.3 is 0 Å². The summed E-state index contributed by atoms with van der Waals surface area (Å²) in [6.07, 6.45) is 3.12. The van der Waals surface area contributed by atoms with E-state index in [4.69, 9.17) is 0 Å². The van der Waals surface area contributed by atoms with Crippen molar-refractivity contribution in [2.24, 2.45) is 5.41 Å². The third kappa shape index (κ3) is 3.13. The van der Waals surface area contributed by atoms with Gasteiger partial charge in [-0.1, -0.05) is 70.0 Å². The van der Waals surface area contributed by atoms with Gasteiger partial charge in [-0.2, -0.15) is 0 Å². The van der Waals surface area contributed by atoms with Gasteiger partial charge in [0.15, 0.2) is 5.78 Å². The van der Waals surface area contributed by atoms with E-state index in [9.17, 15) is 4.79 Å². The molecule has 0 spiro atoms. The average molecular weight is 370 g/mol. The van der Waals surface area contributed by atoms with Crippen molar-refractivity contribution in [3.8, 4) is 5.69 Å². The van der Waals surface area contributed by atoms with Crippen LogP contribution in [0.2, 0.25) is 0 Å². The molecule has 0 bridgehead atoms. The van der Waals surface area contributed by atoms with E-state index < -0.39 is 0 Å². The fourth-order valence-corrected chi connectivity index (χ4v) is 4.09. The molecule has 0 amide bonds. The Morgan fingerprint density at radius 1 is 0.821 bits per heavy atom. The van der Waals surface area contributed by atoms with E-state index in [-0.39, 0.29) is 11.2 Å². The van der Waals surface area contributed by atoms with Gasteiger partial charge in [-0.25, -0.2) is 0 Å². The minimum Gasteiger partial charge on any atom is -0.309 e. The second kappa shape index (κ2) is 7.27. The number of ketones is 1. The van der Waals surface area contributed by atoms with E-state index in [1.807, 2.05) is 12.1 Å². The highest BCUT2D eigenvalue weighted by Gasteiger charge is 2.27. The topological polar surface area (TPSA) is 22.0 Å². The summed E-state index contributed by atoms with van der Waals surface area (Å²) in [5.74, 6) is 0.231. The fourth-order valence-electron chi connectivity index (χ4n) is 4.09. The van der Waals surface area contributed by atoms with Gasteiger partial charge in [-0.05, 0) is 42.8 Å². The molecule has 1 aromatic heterocycles. The fraction of sp³-hybridized carbons (Fsp3) is 0.269. The van der Waals surface area contributed by atoms with Gasteiger partial charge in [0.25, 0.3) is 0 Å². The van der Waals surface area contributed by atoms with E-state index in [0.717, 1.165) is 30.5 Å². The molecule has 4 rings (SSSR count). The minimum absolute atomic E-state index is 0.231. The third-order valence-corrected chi connectivity index (χ3v) is 5.74. The van der Waals surface area contributed by atoms with E-state index in [0.29, 0.717) is 0 Å². The maximum Gasteiger partial charge on any atom is 0.168 e. The van der Waals surface area contributed by atoms with Crippen LogP contribution in [0.4, 0.5) is 0 Å². The van der Waals surface area contributed by atoms with Crippen LogP contribution in [0.15, 0.2) is 72.8 Å². The number of aromatic nitrogens is 1. The monoisotopic (exact) mass is 369 g/mol. The van der Waals surface area contributed by atoms with Crippen LogP contribution < -0.4 is 0 Å². The average Bonchev–Trinajstić information content (AvgIpc) is 3.06. The van der Waals surface area contributed by atoms with Crippen LogP contribution in [0, 0.1) is 5.41 Å². The Hall–Kier alpha value is -2.87. The predicted octanol–water partition coefficient (Wildman–Crippen LogP) is 7.18. The first kappa shape index (κ1) is 18.5. The van der Waals surface area contributed by atoms with Crippen LogP contribution in [0.5, 0.6) is 0 Å². The lowest BCUT2D eigenvalue weighted by Gasteiger charge is -2.23. The number of nitrogens with zero attached hydrogens (tertiary/aromatic N) is 1. The Morgan fingerprint density at radius 2 is 1.36 bits per heavy atom. The third-order valence-electron chi connectivity index (χ3n) is 5.74. The Morgan fingerprint density at radius 3 is 1.89 bits per heavy atom. The zero-order valence-corrected chi connectivity index (χ0v) is 16.9. The first-order chi connectivity index (χ1) is 13.5. The standard InChI is InChI=1S/C26H27NO/c1-4-5-18-26(2,3)25(28)19-14-16-20(17-15-19)27-23-12-8-6-10-21(23)22-11-7-9-13-24(22)27/h6-17H,4-5,18H2,1-3H3. The number of benzene rings is 3. The quantitative estimate of drug-likeness (QED) is 0.330. The molecule has 0 radical (unpaired) electrons. The summed E-state index contributed by atoms with van der Waals surface area (Å²) in [4.78, 5) is 13.0. The molecule has 0 N–H and O–H groups in total. The second-order valence-electron chi connectivity index (χ2n) is 8.23. The van der Waals surface area contributed by atoms with Crippen LogP contribution in [-0.4, -0.2) is 10.4 Å². The summed E-state index contributed by atoms with van der Waals surface area (Å²) in [5, 5.41) is 2.50. The molecule has 1 heterocycles. The number of unbranched alkanes of at least 4 members (excludes halogenated alkanes) is 1. The molecule has 0 aliphatic rings. The first-order valence-electron chi connectivity index (χ1n) is 10.2. The second-order valence-corrected chi connectivity index (χ2v) is 8.23. The molecule has 0 aliphatic heterocycles. The summed E-state index contributed by atoms with van der Waals surface area (Å²) in [7, 11) is 0. The highest BCUT2D eigenvalue weighted by Crippen LogP contribution is 2.33. The van der Waals surface area contributed by atoms with E-state index >= 15 is 0 Å². The van der Waals surface area contributed by atoms with Crippen molar-refractivity contribution >= 4 is 27.6 Å². The molecule has 3 aromatic carbocycles. The van der Waals surface area contributed by atoms with Crippen molar-refractivity contribution in [2.45, 2.75) is 40.0 Å². The molecule has 0 fully saturated rings. The van der Waals surface area contributed by atoms with Gasteiger partial charge in [0.1, 0.15) is 0 Å². The van der Waals surface area contributed by atoms with Crippen molar-refractivity contribution in [3.05, 3.63) is 78.4 Å². The predicted molar refractivity (Wildman–Crippen MR) is 118 cm³/mol. The zero-order chi connectivity index (χ0) is 19.7. The maximum atomic E-state index is 13.0. The van der Waals surface area contributed by atoms with Crippen LogP contribution in [0.25, 0.3) is 27.5 Å². The van der Waals surface area contributed by atoms with Gasteiger partial charge in [0, 0.05) is 27.4 Å². The molecule has 2 heteroatoms. The number of hydrogen-bond donors (Lipinski definition) is 0. The van der Waals surface area contributed by atoms with Crippen molar-refractivity contribution in [1.29, 1.82) is 0 Å². The Bertz CT molecular complexity index is 1080. The van der Waals surface area contributed by atoms with Gasteiger partial charge in [-0.15, -0.1) is 0 Å². The Labute approximate surface area is 166 Å². The Kier molecular flexibility index (Phi) is 4.80. The van der Waals surface area contributed by atoms with Crippen LogP contribution in [0.1, 0.15) is 50.4 Å². The number of hydrogen-bond acceptors (Lipinski definition) is 1. The number of Topliss-reactive ketones (excluding diaryl/α,β-unsaturated/α-hetero) is 1. The van der Waals surface area contributed by atoms with Crippen LogP contribution in [0.3, 0.4) is 0 Å². The molecule has 0 unspecified atom stereocenters. The van der Waals surface area contributed by atoms with Crippen LogP contribution in [-0.2, 0) is 0 Å². The first-order valence-corrected chi connectivity index (χ1v) is 10.2. The summed E-state index contributed by atoms with van der Waals surface area (Å²) < 4.78 is 2.28. The molecule has 28 heavy (non-hydrogen) atoms. The van der Waals surface area contributed by atoms with Crippen molar-refractivity contribution in [3.63, 3.8) is 0 Å². The molecular formula is C26H27NO. The largest absolute Gasteiger partial charge is 0.309 e. The van der Waals surface area contributed by atoms with Gasteiger partial charge < -0.3 is 4.57 Å². The van der Waals surface area contributed by atoms with E-state index in [2.05, 4.69) is 86.0 Å². The van der Waals surface area contributed by atoms with Gasteiger partial charge in [-0.3, -0.25) is 4.79 Å². The SMILES string of the molecule is CCCCC(C)(C)C(=O)c1ccc(-n2c3ccccc3c3ccccc32)cc1.